The molecule has 0 saturated heterocycles. The Morgan fingerprint density at radius 3 is 2.00 bits per heavy atom. The zero-order chi connectivity index (χ0) is 11.0. The summed E-state index contributed by atoms with van der Waals surface area (Å²) in [6, 6.07) is 0.0404. The van der Waals surface area contributed by atoms with Crippen LogP contribution in [-0.2, 0) is 0 Å². The zero-order valence-electron chi connectivity index (χ0n) is 9.32. The van der Waals surface area contributed by atoms with Gasteiger partial charge in [0.25, 0.3) is 0 Å². The van der Waals surface area contributed by atoms with Crippen molar-refractivity contribution in [2.24, 2.45) is 17.1 Å². The molecule has 0 radical (unpaired) electrons. The van der Waals surface area contributed by atoms with Crippen molar-refractivity contribution in [3.05, 3.63) is 0 Å². The second-order valence-electron chi connectivity index (χ2n) is 5.59. The molecule has 0 aromatic heterocycles. The van der Waals surface area contributed by atoms with Crippen molar-refractivity contribution in [1.29, 1.82) is 0 Å². The molecule has 1 aliphatic carbocycles. The summed E-state index contributed by atoms with van der Waals surface area (Å²) in [5, 5.41) is 0. The molecule has 1 saturated carbocycles. The van der Waals surface area contributed by atoms with Gasteiger partial charge in [-0.1, -0.05) is 20.8 Å². The van der Waals surface area contributed by atoms with E-state index in [4.69, 9.17) is 5.73 Å². The van der Waals surface area contributed by atoms with Gasteiger partial charge >= 0.3 is 0 Å². The van der Waals surface area contributed by atoms with Gasteiger partial charge < -0.3 is 5.73 Å². The van der Waals surface area contributed by atoms with Crippen molar-refractivity contribution < 1.29 is 8.78 Å². The van der Waals surface area contributed by atoms with Crippen LogP contribution in [0.15, 0.2) is 0 Å². The Morgan fingerprint density at radius 2 is 1.64 bits per heavy atom. The van der Waals surface area contributed by atoms with E-state index in [1.807, 2.05) is 0 Å². The van der Waals surface area contributed by atoms with Crippen LogP contribution in [0.5, 0.6) is 0 Å². The number of alkyl halides is 2. The monoisotopic (exact) mass is 205 g/mol. The number of nitrogens with two attached hydrogens (primary N) is 1. The summed E-state index contributed by atoms with van der Waals surface area (Å²) in [7, 11) is 0. The summed E-state index contributed by atoms with van der Waals surface area (Å²) in [6.45, 7) is 6.22. The summed E-state index contributed by atoms with van der Waals surface area (Å²) in [6.07, 6.45) is 1.18. The van der Waals surface area contributed by atoms with Crippen LogP contribution in [0.2, 0.25) is 0 Å². The van der Waals surface area contributed by atoms with Crippen LogP contribution in [0.3, 0.4) is 0 Å². The Morgan fingerprint density at radius 1 is 1.21 bits per heavy atom. The zero-order valence-corrected chi connectivity index (χ0v) is 9.32. The van der Waals surface area contributed by atoms with Crippen LogP contribution >= 0.6 is 0 Å². The molecule has 0 heterocycles. The number of rotatable bonds is 1. The fourth-order valence-electron chi connectivity index (χ4n) is 2.13. The van der Waals surface area contributed by atoms with Crippen LogP contribution in [0.1, 0.15) is 46.5 Å². The fourth-order valence-corrected chi connectivity index (χ4v) is 2.13. The maximum absolute atomic E-state index is 12.9. The molecule has 0 amide bonds. The largest absolute Gasteiger partial charge is 0.327 e. The molecule has 2 N–H and O–H groups in total. The van der Waals surface area contributed by atoms with Crippen molar-refractivity contribution in [3.8, 4) is 0 Å². The van der Waals surface area contributed by atoms with Crippen LogP contribution in [0, 0.1) is 11.3 Å². The highest BCUT2D eigenvalue weighted by Crippen LogP contribution is 2.40. The van der Waals surface area contributed by atoms with Gasteiger partial charge in [-0.3, -0.25) is 0 Å². The molecule has 1 nitrogen and oxygen atoms in total. The molecule has 0 aromatic carbocycles. The summed E-state index contributed by atoms with van der Waals surface area (Å²) in [4.78, 5) is 0. The molecule has 1 atom stereocenters. The number of hydrogen-bond acceptors (Lipinski definition) is 1. The van der Waals surface area contributed by atoms with Gasteiger partial charge in [0.15, 0.2) is 0 Å². The predicted molar refractivity (Wildman–Crippen MR) is 54.3 cm³/mol. The van der Waals surface area contributed by atoms with Gasteiger partial charge in [0.2, 0.25) is 5.92 Å². The third-order valence-corrected chi connectivity index (χ3v) is 3.27. The quantitative estimate of drug-likeness (QED) is 0.699. The van der Waals surface area contributed by atoms with E-state index in [2.05, 4.69) is 20.8 Å². The number of halogens is 2. The van der Waals surface area contributed by atoms with Crippen LogP contribution < -0.4 is 5.73 Å². The van der Waals surface area contributed by atoms with Gasteiger partial charge in [0, 0.05) is 18.9 Å². The van der Waals surface area contributed by atoms with Crippen molar-refractivity contribution in [3.63, 3.8) is 0 Å². The lowest BCUT2D eigenvalue weighted by atomic mass is 9.73. The highest BCUT2D eigenvalue weighted by molar-refractivity contribution is 4.88. The minimum atomic E-state index is -2.44. The van der Waals surface area contributed by atoms with Crippen molar-refractivity contribution in [2.45, 2.75) is 58.4 Å². The first kappa shape index (κ1) is 11.9. The summed E-state index contributed by atoms with van der Waals surface area (Å²) >= 11 is 0. The van der Waals surface area contributed by atoms with Crippen molar-refractivity contribution in [2.75, 3.05) is 0 Å². The molecule has 1 unspecified atom stereocenters. The molecule has 0 spiro atoms. The first-order valence-electron chi connectivity index (χ1n) is 5.36. The van der Waals surface area contributed by atoms with Gasteiger partial charge in [-0.05, 0) is 24.2 Å². The van der Waals surface area contributed by atoms with E-state index in [1.165, 1.54) is 0 Å². The van der Waals surface area contributed by atoms with Crippen LogP contribution in [0.25, 0.3) is 0 Å². The first-order valence-corrected chi connectivity index (χ1v) is 5.36. The highest BCUT2D eigenvalue weighted by Gasteiger charge is 2.39. The van der Waals surface area contributed by atoms with E-state index in [-0.39, 0.29) is 30.2 Å². The van der Waals surface area contributed by atoms with Gasteiger partial charge in [-0.25, -0.2) is 8.78 Å². The molecule has 1 rings (SSSR count). The van der Waals surface area contributed by atoms with Gasteiger partial charge in [0.1, 0.15) is 0 Å². The summed E-state index contributed by atoms with van der Waals surface area (Å²) in [5.41, 5.74) is 6.09. The SMILES string of the molecule is CC(C)(C)C(N)C1CCC(F)(F)CC1. The molecule has 3 heteroatoms. The minimum absolute atomic E-state index is 0.0153. The summed E-state index contributed by atoms with van der Waals surface area (Å²) in [5.74, 6) is -2.16. The molecule has 1 fully saturated rings. The topological polar surface area (TPSA) is 26.0 Å². The number of hydrogen-bond donors (Lipinski definition) is 1. The Bertz CT molecular complexity index is 186. The highest BCUT2D eigenvalue weighted by atomic mass is 19.3. The molecule has 84 valence electrons. The normalized spacial score (nSPS) is 26.1. The van der Waals surface area contributed by atoms with Crippen molar-refractivity contribution >= 4 is 0 Å². The van der Waals surface area contributed by atoms with E-state index < -0.39 is 5.92 Å². The maximum atomic E-state index is 12.9. The third kappa shape index (κ3) is 2.91. The third-order valence-electron chi connectivity index (χ3n) is 3.27. The second-order valence-corrected chi connectivity index (χ2v) is 5.59. The first-order chi connectivity index (χ1) is 6.22. The lowest BCUT2D eigenvalue weighted by Crippen LogP contribution is -2.44. The van der Waals surface area contributed by atoms with Gasteiger partial charge in [0.05, 0.1) is 0 Å². The average molecular weight is 205 g/mol. The van der Waals surface area contributed by atoms with Crippen LogP contribution in [-0.4, -0.2) is 12.0 Å². The average Bonchev–Trinajstić information content (AvgIpc) is 2.01. The summed E-state index contributed by atoms with van der Waals surface area (Å²) < 4.78 is 25.8. The Balaban J connectivity index is 2.50. The Kier molecular flexibility index (Phi) is 3.20. The van der Waals surface area contributed by atoms with E-state index in [0.717, 1.165) is 0 Å². The second kappa shape index (κ2) is 3.76. The van der Waals surface area contributed by atoms with Gasteiger partial charge in [-0.2, -0.15) is 0 Å². The molecule has 1 aliphatic rings. The van der Waals surface area contributed by atoms with Crippen molar-refractivity contribution in [1.82, 2.24) is 0 Å². The Labute approximate surface area is 85.1 Å². The van der Waals surface area contributed by atoms with Crippen LogP contribution in [0.4, 0.5) is 8.78 Å². The minimum Gasteiger partial charge on any atom is -0.327 e. The smallest absolute Gasteiger partial charge is 0.248 e. The van der Waals surface area contributed by atoms with E-state index >= 15 is 0 Å². The molecule has 0 bridgehead atoms. The molecule has 0 aromatic rings. The lowest BCUT2D eigenvalue weighted by Gasteiger charge is -2.38. The lowest BCUT2D eigenvalue weighted by molar-refractivity contribution is -0.0522. The molecular weight excluding hydrogens is 184 g/mol. The molecule has 0 aliphatic heterocycles. The van der Waals surface area contributed by atoms with E-state index in [1.54, 1.807) is 0 Å². The maximum Gasteiger partial charge on any atom is 0.248 e. The van der Waals surface area contributed by atoms with Gasteiger partial charge in [-0.15, -0.1) is 0 Å². The van der Waals surface area contributed by atoms with E-state index in [0.29, 0.717) is 12.8 Å². The Hall–Kier alpha value is -0.180. The van der Waals surface area contributed by atoms with E-state index in [9.17, 15) is 8.78 Å². The molecular formula is C11H21F2N. The molecule has 14 heavy (non-hydrogen) atoms. The fraction of sp³-hybridized carbons (Fsp3) is 1.00. The standard InChI is InChI=1S/C11H21F2N/c1-10(2,3)9(14)8-4-6-11(12,13)7-5-8/h8-9H,4-7,14H2,1-3H3. The predicted octanol–water partition coefficient (Wildman–Crippen LogP) is 3.19.